The zero-order chi connectivity index (χ0) is 18.1. The number of carbonyl (C=O) groups excluding carboxylic acids is 2. The largest absolute Gasteiger partial charge is 0.465 e. The Balaban J connectivity index is 1.86. The van der Waals surface area contributed by atoms with E-state index in [1.165, 1.54) is 7.11 Å². The summed E-state index contributed by atoms with van der Waals surface area (Å²) in [4.78, 5) is 23.2. The number of para-hydroxylation sites is 1. The van der Waals surface area contributed by atoms with Crippen LogP contribution in [-0.4, -0.2) is 25.7 Å². The molecule has 6 nitrogen and oxygen atoms in total. The topological polar surface area (TPSA) is 90.6 Å². The summed E-state index contributed by atoms with van der Waals surface area (Å²) in [6.07, 6.45) is -0.561. The SMILES string of the molecule is COC(=O)c1cccc(C#CCNC(=O)OCc2ccccc2)c1N. The van der Waals surface area contributed by atoms with Crippen LogP contribution in [0.3, 0.4) is 0 Å². The number of nitrogens with two attached hydrogens (primary N) is 1. The van der Waals surface area contributed by atoms with E-state index in [-0.39, 0.29) is 24.4 Å². The first-order chi connectivity index (χ1) is 12.1. The molecule has 0 saturated carbocycles. The van der Waals surface area contributed by atoms with Crippen molar-refractivity contribution < 1.29 is 19.1 Å². The second kappa shape index (κ2) is 8.99. The first kappa shape index (κ1) is 17.9. The number of hydrogen-bond acceptors (Lipinski definition) is 5. The molecular weight excluding hydrogens is 320 g/mol. The van der Waals surface area contributed by atoms with Crippen molar-refractivity contribution in [2.45, 2.75) is 6.61 Å². The van der Waals surface area contributed by atoms with Gasteiger partial charge < -0.3 is 20.5 Å². The molecule has 2 aromatic carbocycles. The number of alkyl carbamates (subject to hydrolysis) is 1. The van der Waals surface area contributed by atoms with Gasteiger partial charge in [0.15, 0.2) is 0 Å². The molecule has 128 valence electrons. The maximum absolute atomic E-state index is 11.6. The smallest absolute Gasteiger partial charge is 0.408 e. The third-order valence-corrected chi connectivity index (χ3v) is 3.27. The van der Waals surface area contributed by atoms with Crippen molar-refractivity contribution in [1.29, 1.82) is 0 Å². The Morgan fingerprint density at radius 2 is 1.88 bits per heavy atom. The Bertz CT molecular complexity index is 807. The van der Waals surface area contributed by atoms with Crippen molar-refractivity contribution in [3.63, 3.8) is 0 Å². The summed E-state index contributed by atoms with van der Waals surface area (Å²) in [5.41, 5.74) is 7.78. The second-order valence-corrected chi connectivity index (χ2v) is 4.98. The zero-order valence-electron chi connectivity index (χ0n) is 13.7. The van der Waals surface area contributed by atoms with Gasteiger partial charge in [-0.1, -0.05) is 48.2 Å². The number of anilines is 1. The molecule has 0 aliphatic heterocycles. The standard InChI is InChI=1S/C19H18N2O4/c1-24-18(22)16-11-5-9-15(17(16)20)10-6-12-21-19(23)25-13-14-7-3-2-4-8-14/h2-5,7-9,11H,12-13,20H2,1H3,(H,21,23). The normalized spacial score (nSPS) is 9.48. The van der Waals surface area contributed by atoms with Gasteiger partial charge in [-0.2, -0.15) is 0 Å². The zero-order valence-corrected chi connectivity index (χ0v) is 13.7. The molecule has 0 spiro atoms. The van der Waals surface area contributed by atoms with E-state index < -0.39 is 12.1 Å². The van der Waals surface area contributed by atoms with Crippen LogP contribution in [0.15, 0.2) is 48.5 Å². The molecule has 0 unspecified atom stereocenters. The first-order valence-corrected chi connectivity index (χ1v) is 7.52. The first-order valence-electron chi connectivity index (χ1n) is 7.52. The molecule has 2 aromatic rings. The van der Waals surface area contributed by atoms with E-state index in [9.17, 15) is 9.59 Å². The lowest BCUT2D eigenvalue weighted by Gasteiger charge is -2.05. The molecule has 3 N–H and O–H groups in total. The highest BCUT2D eigenvalue weighted by molar-refractivity contribution is 5.96. The van der Waals surface area contributed by atoms with Crippen LogP contribution in [0, 0.1) is 11.8 Å². The monoisotopic (exact) mass is 338 g/mol. The molecular formula is C19H18N2O4. The van der Waals surface area contributed by atoms with Crippen LogP contribution < -0.4 is 11.1 Å². The molecule has 1 amide bonds. The maximum atomic E-state index is 11.6. The summed E-state index contributed by atoms with van der Waals surface area (Å²) in [6, 6.07) is 14.3. The van der Waals surface area contributed by atoms with Gasteiger partial charge in [0.1, 0.15) is 6.61 Å². The van der Waals surface area contributed by atoms with Crippen molar-refractivity contribution in [3.05, 3.63) is 65.2 Å². The van der Waals surface area contributed by atoms with Crippen molar-refractivity contribution in [2.75, 3.05) is 19.4 Å². The fraction of sp³-hybridized carbons (Fsp3) is 0.158. The Morgan fingerprint density at radius 3 is 2.60 bits per heavy atom. The summed E-state index contributed by atoms with van der Waals surface area (Å²) in [6.45, 7) is 0.281. The van der Waals surface area contributed by atoms with Gasteiger partial charge in [0, 0.05) is 5.56 Å². The van der Waals surface area contributed by atoms with E-state index >= 15 is 0 Å². The second-order valence-electron chi connectivity index (χ2n) is 4.98. The summed E-state index contributed by atoms with van der Waals surface area (Å²) >= 11 is 0. The van der Waals surface area contributed by atoms with E-state index in [0.717, 1.165) is 5.56 Å². The number of nitrogen functional groups attached to an aromatic ring is 1. The number of carbonyl (C=O) groups is 2. The molecule has 0 saturated heterocycles. The van der Waals surface area contributed by atoms with Crippen molar-refractivity contribution in [3.8, 4) is 11.8 Å². The average Bonchev–Trinajstić information content (AvgIpc) is 2.65. The van der Waals surface area contributed by atoms with Gasteiger partial charge in [0.25, 0.3) is 0 Å². The minimum Gasteiger partial charge on any atom is -0.465 e. The summed E-state index contributed by atoms with van der Waals surface area (Å²) < 4.78 is 9.72. The highest BCUT2D eigenvalue weighted by Gasteiger charge is 2.11. The summed E-state index contributed by atoms with van der Waals surface area (Å²) in [5, 5.41) is 2.52. The molecule has 2 rings (SSSR count). The molecule has 0 heterocycles. The maximum Gasteiger partial charge on any atom is 0.408 e. The Morgan fingerprint density at radius 1 is 1.12 bits per heavy atom. The van der Waals surface area contributed by atoms with E-state index in [1.807, 2.05) is 30.3 Å². The lowest BCUT2D eigenvalue weighted by molar-refractivity contribution is 0.0602. The van der Waals surface area contributed by atoms with Gasteiger partial charge in [-0.05, 0) is 17.7 Å². The van der Waals surface area contributed by atoms with Gasteiger partial charge in [-0.15, -0.1) is 0 Å². The van der Waals surface area contributed by atoms with Crippen LogP contribution in [0.5, 0.6) is 0 Å². The average molecular weight is 338 g/mol. The van der Waals surface area contributed by atoms with E-state index in [2.05, 4.69) is 21.9 Å². The lowest BCUT2D eigenvalue weighted by atomic mass is 10.1. The quantitative estimate of drug-likeness (QED) is 0.507. The highest BCUT2D eigenvalue weighted by Crippen LogP contribution is 2.17. The molecule has 0 fully saturated rings. The fourth-order valence-electron chi connectivity index (χ4n) is 1.99. The van der Waals surface area contributed by atoms with Crippen molar-refractivity contribution in [1.82, 2.24) is 5.32 Å². The van der Waals surface area contributed by atoms with E-state index in [4.69, 9.17) is 10.5 Å². The third-order valence-electron chi connectivity index (χ3n) is 3.27. The van der Waals surface area contributed by atoms with Crippen LogP contribution in [-0.2, 0) is 16.1 Å². The van der Waals surface area contributed by atoms with Crippen LogP contribution in [0.2, 0.25) is 0 Å². The van der Waals surface area contributed by atoms with Gasteiger partial charge in [0.05, 0.1) is 24.9 Å². The predicted octanol–water partition coefficient (Wildman–Crippen LogP) is 2.33. The molecule has 0 radical (unpaired) electrons. The van der Waals surface area contributed by atoms with Crippen LogP contribution in [0.25, 0.3) is 0 Å². The minimum absolute atomic E-state index is 0.0928. The molecule has 0 aromatic heterocycles. The molecule has 25 heavy (non-hydrogen) atoms. The number of amides is 1. The minimum atomic E-state index is -0.561. The van der Waals surface area contributed by atoms with Gasteiger partial charge in [-0.3, -0.25) is 0 Å². The van der Waals surface area contributed by atoms with Crippen LogP contribution >= 0.6 is 0 Å². The number of benzene rings is 2. The molecule has 0 aliphatic rings. The van der Waals surface area contributed by atoms with E-state index in [1.54, 1.807) is 18.2 Å². The van der Waals surface area contributed by atoms with Crippen molar-refractivity contribution >= 4 is 17.7 Å². The molecule has 6 heteroatoms. The molecule has 0 bridgehead atoms. The van der Waals surface area contributed by atoms with Crippen molar-refractivity contribution in [2.24, 2.45) is 0 Å². The number of ether oxygens (including phenoxy) is 2. The predicted molar refractivity (Wildman–Crippen MR) is 93.7 cm³/mol. The van der Waals surface area contributed by atoms with Gasteiger partial charge in [-0.25, -0.2) is 9.59 Å². The third kappa shape index (κ3) is 5.29. The lowest BCUT2D eigenvalue weighted by Crippen LogP contribution is -2.24. The Kier molecular flexibility index (Phi) is 6.43. The fourth-order valence-corrected chi connectivity index (χ4v) is 1.99. The number of rotatable bonds is 4. The number of esters is 1. The van der Waals surface area contributed by atoms with Gasteiger partial charge >= 0.3 is 12.1 Å². The van der Waals surface area contributed by atoms with Crippen LogP contribution in [0.4, 0.5) is 10.5 Å². The van der Waals surface area contributed by atoms with E-state index in [0.29, 0.717) is 5.56 Å². The number of methoxy groups -OCH3 is 1. The van der Waals surface area contributed by atoms with Gasteiger partial charge in [0.2, 0.25) is 0 Å². The van der Waals surface area contributed by atoms with Crippen LogP contribution in [0.1, 0.15) is 21.5 Å². The molecule has 0 atom stereocenters. The Hall–Kier alpha value is -3.46. The number of hydrogen-bond donors (Lipinski definition) is 2. The molecule has 0 aliphatic carbocycles. The number of nitrogens with one attached hydrogen (secondary N) is 1. The summed E-state index contributed by atoms with van der Waals surface area (Å²) in [5.74, 6) is 5.05. The Labute approximate surface area is 145 Å². The summed E-state index contributed by atoms with van der Waals surface area (Å²) in [7, 11) is 1.28. The highest BCUT2D eigenvalue weighted by atomic mass is 16.5.